The molecule has 0 spiro atoms. The van der Waals surface area contributed by atoms with Gasteiger partial charge in [0.15, 0.2) is 7.05 Å². The van der Waals surface area contributed by atoms with E-state index in [2.05, 4.69) is 0 Å². The van der Waals surface area contributed by atoms with Crippen molar-refractivity contribution in [3.05, 3.63) is 34.7 Å². The van der Waals surface area contributed by atoms with Gasteiger partial charge in [-0.25, -0.2) is 0 Å². The second kappa shape index (κ2) is 4.73. The first kappa shape index (κ1) is 13.7. The smallest absolute Gasteiger partial charge is 0.425 e. The van der Waals surface area contributed by atoms with Gasteiger partial charge in [-0.05, 0) is 23.6 Å². The highest BCUT2D eigenvalue weighted by atomic mass is 32.1. The third kappa shape index (κ3) is 2.65. The molecule has 1 heterocycles. The van der Waals surface area contributed by atoms with E-state index in [4.69, 9.17) is 4.84 Å². The molecule has 3 nitrogen and oxygen atoms in total. The number of alkyl halides is 3. The molecule has 7 heteroatoms. The van der Waals surface area contributed by atoms with Gasteiger partial charge in [0.25, 0.3) is 0 Å². The van der Waals surface area contributed by atoms with Crippen molar-refractivity contribution in [3.63, 3.8) is 0 Å². The van der Waals surface area contributed by atoms with Gasteiger partial charge in [-0.15, -0.1) is 11.3 Å². The summed E-state index contributed by atoms with van der Waals surface area (Å²) < 4.78 is 39.4. The summed E-state index contributed by atoms with van der Waals surface area (Å²) in [5.74, 6) is -0.141. The number of hydrogen-bond donors (Lipinski definition) is 1. The average molecular weight is 290 g/mol. The third-order valence-corrected chi connectivity index (χ3v) is 3.73. The van der Waals surface area contributed by atoms with Crippen molar-refractivity contribution < 1.29 is 27.9 Å². The summed E-state index contributed by atoms with van der Waals surface area (Å²) in [6, 6.07) is 5.10. The van der Waals surface area contributed by atoms with E-state index in [-0.39, 0.29) is 5.90 Å². The zero-order valence-electron chi connectivity index (χ0n) is 10.2. The van der Waals surface area contributed by atoms with Crippen molar-refractivity contribution in [1.82, 2.24) is 0 Å². The predicted molar refractivity (Wildman–Crippen MR) is 66.8 cm³/mol. The molecule has 1 aromatic heterocycles. The Kier molecular flexibility index (Phi) is 3.40. The number of aliphatic hydroxyl groups is 1. The zero-order valence-corrected chi connectivity index (χ0v) is 11.0. The molecule has 2 rings (SSSR count). The number of hydrogen-bond acceptors (Lipinski definition) is 2. The van der Waals surface area contributed by atoms with Gasteiger partial charge in [0.05, 0.1) is 5.56 Å². The summed E-state index contributed by atoms with van der Waals surface area (Å²) >= 11 is 1.07. The molecule has 0 aliphatic carbocycles. The van der Waals surface area contributed by atoms with Crippen molar-refractivity contribution in [1.29, 1.82) is 0 Å². The van der Waals surface area contributed by atoms with Gasteiger partial charge in [0, 0.05) is 9.44 Å². The molecular weight excluding hydrogens is 279 g/mol. The van der Waals surface area contributed by atoms with Crippen LogP contribution in [-0.2, 0) is 11.0 Å². The Morgan fingerprint density at radius 1 is 1.32 bits per heavy atom. The van der Waals surface area contributed by atoms with Gasteiger partial charge >= 0.3 is 12.1 Å². The molecule has 0 fully saturated rings. The SMILES string of the molecule is CO[N+](C)=C(O)c1cc2ccc(C(F)(F)F)cc2s1. The maximum Gasteiger partial charge on any atom is 0.425 e. The molecule has 1 N–H and O–H groups in total. The standard InChI is InChI=1S/C12H10F3NO2S/c1-16(18-2)11(17)10-5-7-3-4-8(12(13,14)15)6-9(7)19-10/h3-6H,1-2H3/p+1. The van der Waals surface area contributed by atoms with Crippen LogP contribution in [0.2, 0.25) is 0 Å². The predicted octanol–water partition coefficient (Wildman–Crippen LogP) is 3.43. The maximum absolute atomic E-state index is 12.6. The molecule has 102 valence electrons. The van der Waals surface area contributed by atoms with Gasteiger partial charge in [-0.3, -0.25) is 4.84 Å². The van der Waals surface area contributed by atoms with Gasteiger partial charge in [-0.2, -0.15) is 13.2 Å². The third-order valence-electron chi connectivity index (χ3n) is 2.64. The monoisotopic (exact) mass is 290 g/mol. The first-order valence-corrected chi connectivity index (χ1v) is 6.09. The largest absolute Gasteiger partial charge is 0.456 e. The molecule has 0 aliphatic heterocycles. The number of aliphatic hydroxyl groups excluding tert-OH is 1. The van der Waals surface area contributed by atoms with E-state index in [1.807, 2.05) is 0 Å². The van der Waals surface area contributed by atoms with E-state index >= 15 is 0 Å². The lowest BCUT2D eigenvalue weighted by Crippen LogP contribution is -2.15. The minimum atomic E-state index is -4.37. The van der Waals surface area contributed by atoms with Crippen LogP contribution >= 0.6 is 11.3 Å². The van der Waals surface area contributed by atoms with Crippen LogP contribution in [0, 0.1) is 0 Å². The van der Waals surface area contributed by atoms with Gasteiger partial charge in [0.1, 0.15) is 12.0 Å². The highest BCUT2D eigenvalue weighted by Crippen LogP contribution is 2.34. The number of nitrogens with zero attached hydrogens (tertiary/aromatic N) is 1. The van der Waals surface area contributed by atoms with Crippen LogP contribution in [-0.4, -0.2) is 29.9 Å². The van der Waals surface area contributed by atoms with Gasteiger partial charge in [-0.1, -0.05) is 6.07 Å². The molecule has 0 amide bonds. The molecule has 0 bridgehead atoms. The number of benzene rings is 1. The van der Waals surface area contributed by atoms with E-state index in [0.29, 0.717) is 15.0 Å². The minimum absolute atomic E-state index is 0.141. The van der Waals surface area contributed by atoms with Crippen molar-refractivity contribution >= 4 is 27.3 Å². The molecule has 0 unspecified atom stereocenters. The van der Waals surface area contributed by atoms with Crippen molar-refractivity contribution in [2.75, 3.05) is 14.2 Å². The first-order chi connectivity index (χ1) is 8.82. The van der Waals surface area contributed by atoms with Crippen LogP contribution < -0.4 is 0 Å². The lowest BCUT2D eigenvalue weighted by Gasteiger charge is -2.05. The van der Waals surface area contributed by atoms with E-state index in [1.165, 1.54) is 20.2 Å². The second-order valence-electron chi connectivity index (χ2n) is 3.86. The fraction of sp³-hybridized carbons (Fsp3) is 0.250. The number of rotatable bonds is 2. The summed E-state index contributed by atoms with van der Waals surface area (Å²) in [6.07, 6.45) is -4.37. The maximum atomic E-state index is 12.6. The van der Waals surface area contributed by atoms with Gasteiger partial charge < -0.3 is 5.11 Å². The Morgan fingerprint density at radius 3 is 2.58 bits per heavy atom. The molecule has 19 heavy (non-hydrogen) atoms. The van der Waals surface area contributed by atoms with Crippen molar-refractivity contribution in [2.45, 2.75) is 6.18 Å². The normalized spacial score (nSPS) is 13.5. The molecule has 0 aliphatic rings. The van der Waals surface area contributed by atoms with E-state index in [9.17, 15) is 18.3 Å². The van der Waals surface area contributed by atoms with Crippen molar-refractivity contribution in [2.24, 2.45) is 0 Å². The highest BCUT2D eigenvalue weighted by molar-refractivity contribution is 7.20. The van der Waals surface area contributed by atoms with Crippen LogP contribution in [0.15, 0.2) is 24.3 Å². The molecule has 0 radical (unpaired) electrons. The lowest BCUT2D eigenvalue weighted by molar-refractivity contribution is -0.764. The molecule has 0 saturated carbocycles. The highest BCUT2D eigenvalue weighted by Gasteiger charge is 2.30. The first-order valence-electron chi connectivity index (χ1n) is 5.28. The Hall–Kier alpha value is -1.76. The topological polar surface area (TPSA) is 32.5 Å². The number of thiophene rings is 1. The molecule has 0 atom stereocenters. The Bertz CT molecular complexity index is 646. The molecular formula is C12H11F3NO2S+. The fourth-order valence-corrected chi connectivity index (χ4v) is 2.63. The average Bonchev–Trinajstić information content (AvgIpc) is 2.78. The zero-order chi connectivity index (χ0) is 14.2. The fourth-order valence-electron chi connectivity index (χ4n) is 1.56. The Labute approximate surface area is 111 Å². The minimum Gasteiger partial charge on any atom is -0.456 e. The van der Waals surface area contributed by atoms with Crippen LogP contribution in [0.1, 0.15) is 10.4 Å². The van der Waals surface area contributed by atoms with Gasteiger partial charge in [0.2, 0.25) is 0 Å². The molecule has 2 aromatic rings. The van der Waals surface area contributed by atoms with E-state index < -0.39 is 11.7 Å². The van der Waals surface area contributed by atoms with Crippen LogP contribution in [0.3, 0.4) is 0 Å². The lowest BCUT2D eigenvalue weighted by atomic mass is 10.1. The van der Waals surface area contributed by atoms with Crippen LogP contribution in [0.5, 0.6) is 0 Å². The summed E-state index contributed by atoms with van der Waals surface area (Å²) in [5, 5.41) is 10.5. The second-order valence-corrected chi connectivity index (χ2v) is 4.95. The molecule has 1 aromatic carbocycles. The number of hydroxylamine groups is 1. The quantitative estimate of drug-likeness (QED) is 0.398. The Morgan fingerprint density at radius 2 is 2.00 bits per heavy atom. The number of halogens is 3. The summed E-state index contributed by atoms with van der Waals surface area (Å²) in [5.41, 5.74) is -0.701. The van der Waals surface area contributed by atoms with Crippen LogP contribution in [0.4, 0.5) is 13.2 Å². The number of fused-ring (bicyclic) bond motifs is 1. The summed E-state index contributed by atoms with van der Waals surface area (Å²) in [7, 11) is 2.88. The van der Waals surface area contributed by atoms with E-state index in [1.54, 1.807) is 6.07 Å². The van der Waals surface area contributed by atoms with Crippen molar-refractivity contribution in [3.8, 4) is 0 Å². The Balaban J connectivity index is 2.53. The molecule has 0 saturated heterocycles. The van der Waals surface area contributed by atoms with E-state index in [0.717, 1.165) is 28.2 Å². The van der Waals surface area contributed by atoms with Crippen LogP contribution in [0.25, 0.3) is 10.1 Å². The summed E-state index contributed by atoms with van der Waals surface area (Å²) in [4.78, 5) is 5.26. The summed E-state index contributed by atoms with van der Waals surface area (Å²) in [6.45, 7) is 0.